The minimum atomic E-state index is -1.28. The second-order valence-corrected chi connectivity index (χ2v) is 4.40. The summed E-state index contributed by atoms with van der Waals surface area (Å²) < 4.78 is 0. The molecule has 17 heavy (non-hydrogen) atoms. The van der Waals surface area contributed by atoms with Crippen molar-refractivity contribution in [2.45, 2.75) is 33.1 Å². The Hall–Kier alpha value is -1.84. The van der Waals surface area contributed by atoms with Crippen LogP contribution in [0.3, 0.4) is 0 Å². The molecule has 0 unspecified atom stereocenters. The van der Waals surface area contributed by atoms with E-state index in [-0.39, 0.29) is 23.1 Å². The van der Waals surface area contributed by atoms with Crippen LogP contribution in [0.5, 0.6) is 11.5 Å². The lowest BCUT2D eigenvalue weighted by molar-refractivity contribution is -0.132. The summed E-state index contributed by atoms with van der Waals surface area (Å²) in [6, 6.07) is 2.79. The first-order chi connectivity index (χ1) is 7.71. The minimum absolute atomic E-state index is 0.233. The number of carbonyl (C=O) groups excluding carboxylic acids is 2. The topological polar surface area (TPSA) is 74.6 Å². The number of aromatic hydroxyl groups is 2. The molecular weight excluding hydrogens is 220 g/mol. The normalized spacial score (nSPS) is 11.3. The van der Waals surface area contributed by atoms with Gasteiger partial charge in [0.1, 0.15) is 17.0 Å². The van der Waals surface area contributed by atoms with Gasteiger partial charge in [-0.25, -0.2) is 0 Å². The molecule has 4 heteroatoms. The number of hydrogen-bond acceptors (Lipinski definition) is 4. The monoisotopic (exact) mass is 236 g/mol. The van der Waals surface area contributed by atoms with Gasteiger partial charge in [-0.2, -0.15) is 0 Å². The van der Waals surface area contributed by atoms with Gasteiger partial charge in [-0.15, -0.1) is 0 Å². The van der Waals surface area contributed by atoms with Crippen molar-refractivity contribution in [3.8, 4) is 11.5 Å². The van der Waals surface area contributed by atoms with Crippen LogP contribution in [0.2, 0.25) is 0 Å². The van der Waals surface area contributed by atoms with Crippen LogP contribution < -0.4 is 0 Å². The SMILES string of the molecule is CC(=O)C(C)(C(C)=O)c1cc(C)c(O)c(O)c1. The fourth-order valence-corrected chi connectivity index (χ4v) is 1.70. The molecule has 0 heterocycles. The summed E-state index contributed by atoms with van der Waals surface area (Å²) >= 11 is 0. The van der Waals surface area contributed by atoms with Crippen LogP contribution >= 0.6 is 0 Å². The number of phenolic OH excluding ortho intramolecular Hbond substituents is 2. The fourth-order valence-electron chi connectivity index (χ4n) is 1.70. The Bertz CT molecular complexity index is 451. The Balaban J connectivity index is 3.51. The smallest absolute Gasteiger partial charge is 0.160 e. The first-order valence-electron chi connectivity index (χ1n) is 5.26. The predicted molar refractivity (Wildman–Crippen MR) is 63.2 cm³/mol. The second-order valence-electron chi connectivity index (χ2n) is 4.40. The van der Waals surface area contributed by atoms with E-state index in [1.54, 1.807) is 6.92 Å². The third-order valence-electron chi connectivity index (χ3n) is 3.27. The molecule has 0 saturated carbocycles. The van der Waals surface area contributed by atoms with Crippen LogP contribution in [-0.4, -0.2) is 21.8 Å². The second kappa shape index (κ2) is 4.20. The van der Waals surface area contributed by atoms with Crippen molar-refractivity contribution in [2.24, 2.45) is 0 Å². The van der Waals surface area contributed by atoms with E-state index in [2.05, 4.69) is 0 Å². The van der Waals surface area contributed by atoms with Crippen molar-refractivity contribution in [3.05, 3.63) is 23.3 Å². The van der Waals surface area contributed by atoms with Gasteiger partial charge in [-0.1, -0.05) is 6.07 Å². The molecule has 1 aromatic carbocycles. The van der Waals surface area contributed by atoms with E-state index in [1.807, 2.05) is 0 Å². The van der Waals surface area contributed by atoms with Gasteiger partial charge in [0.05, 0.1) is 0 Å². The maximum atomic E-state index is 11.7. The Kier molecular flexibility index (Phi) is 3.27. The summed E-state index contributed by atoms with van der Waals surface area (Å²) in [5, 5.41) is 19.0. The third kappa shape index (κ3) is 2.02. The average Bonchev–Trinajstić information content (AvgIpc) is 2.23. The summed E-state index contributed by atoms with van der Waals surface area (Å²) in [7, 11) is 0. The van der Waals surface area contributed by atoms with Crippen molar-refractivity contribution in [1.82, 2.24) is 0 Å². The van der Waals surface area contributed by atoms with Crippen molar-refractivity contribution in [3.63, 3.8) is 0 Å². The van der Waals surface area contributed by atoms with Crippen molar-refractivity contribution in [2.75, 3.05) is 0 Å². The van der Waals surface area contributed by atoms with Gasteiger partial charge in [-0.05, 0) is 44.9 Å². The summed E-state index contributed by atoms with van der Waals surface area (Å²) in [5.74, 6) is -1.15. The zero-order chi connectivity index (χ0) is 13.4. The van der Waals surface area contributed by atoms with E-state index < -0.39 is 5.41 Å². The molecule has 0 bridgehead atoms. The molecule has 0 aromatic heterocycles. The molecule has 0 aliphatic heterocycles. The molecule has 4 nitrogen and oxygen atoms in total. The first kappa shape index (κ1) is 13.2. The molecule has 1 aromatic rings. The average molecular weight is 236 g/mol. The molecule has 0 radical (unpaired) electrons. The lowest BCUT2D eigenvalue weighted by atomic mass is 9.75. The number of rotatable bonds is 3. The lowest BCUT2D eigenvalue weighted by Crippen LogP contribution is -2.38. The van der Waals surface area contributed by atoms with Crippen molar-refractivity contribution in [1.29, 1.82) is 0 Å². The molecule has 1 rings (SSSR count). The third-order valence-corrected chi connectivity index (χ3v) is 3.27. The number of benzene rings is 1. The molecule has 2 N–H and O–H groups in total. The van der Waals surface area contributed by atoms with Gasteiger partial charge >= 0.3 is 0 Å². The van der Waals surface area contributed by atoms with Crippen LogP contribution in [0.1, 0.15) is 31.9 Å². The van der Waals surface area contributed by atoms with E-state index >= 15 is 0 Å². The Morgan fingerprint density at radius 2 is 1.59 bits per heavy atom. The van der Waals surface area contributed by atoms with E-state index in [1.165, 1.54) is 32.9 Å². The van der Waals surface area contributed by atoms with E-state index in [9.17, 15) is 19.8 Å². The summed E-state index contributed by atoms with van der Waals surface area (Å²) in [6.07, 6.45) is 0. The molecule has 0 aliphatic rings. The van der Waals surface area contributed by atoms with Gasteiger partial charge < -0.3 is 10.2 Å². The van der Waals surface area contributed by atoms with Crippen LogP contribution in [0, 0.1) is 6.92 Å². The number of aryl methyl sites for hydroxylation is 1. The standard InChI is InChI=1S/C13H16O4/c1-7-5-10(6-11(16)12(7)17)13(4,8(2)14)9(3)15/h5-6,16-17H,1-4H3. The van der Waals surface area contributed by atoms with Gasteiger partial charge in [0.25, 0.3) is 0 Å². The molecule has 0 amide bonds. The van der Waals surface area contributed by atoms with Crippen LogP contribution in [0.25, 0.3) is 0 Å². The number of carbonyl (C=O) groups is 2. The summed E-state index contributed by atoms with van der Waals surface area (Å²) in [4.78, 5) is 23.3. The highest BCUT2D eigenvalue weighted by Gasteiger charge is 2.37. The molecule has 0 atom stereocenters. The zero-order valence-electron chi connectivity index (χ0n) is 10.4. The molecule has 0 spiro atoms. The lowest BCUT2D eigenvalue weighted by Gasteiger charge is -2.25. The van der Waals surface area contributed by atoms with Crippen LogP contribution in [0.15, 0.2) is 12.1 Å². The quantitative estimate of drug-likeness (QED) is 0.620. The zero-order valence-corrected chi connectivity index (χ0v) is 10.4. The highest BCUT2D eigenvalue weighted by molar-refractivity contribution is 6.10. The fraction of sp³-hybridized carbons (Fsp3) is 0.385. The summed E-state index contributed by atoms with van der Waals surface area (Å²) in [6.45, 7) is 5.78. The number of phenols is 2. The van der Waals surface area contributed by atoms with Gasteiger partial charge in [0.15, 0.2) is 11.5 Å². The largest absolute Gasteiger partial charge is 0.504 e. The number of hydrogen-bond donors (Lipinski definition) is 2. The Morgan fingerprint density at radius 1 is 1.12 bits per heavy atom. The summed E-state index contributed by atoms with van der Waals surface area (Å²) in [5.41, 5.74) is -0.463. The molecular formula is C13H16O4. The molecule has 0 aliphatic carbocycles. The van der Waals surface area contributed by atoms with Crippen LogP contribution in [-0.2, 0) is 15.0 Å². The molecule has 0 fully saturated rings. The number of Topliss-reactive ketones (excluding diaryl/α,β-unsaturated/α-hetero) is 2. The van der Waals surface area contributed by atoms with Gasteiger partial charge in [0, 0.05) is 0 Å². The Morgan fingerprint density at radius 3 is 1.94 bits per heavy atom. The maximum absolute atomic E-state index is 11.7. The first-order valence-corrected chi connectivity index (χ1v) is 5.26. The van der Waals surface area contributed by atoms with E-state index in [0.29, 0.717) is 11.1 Å². The number of ketones is 2. The minimum Gasteiger partial charge on any atom is -0.504 e. The van der Waals surface area contributed by atoms with Crippen LogP contribution in [0.4, 0.5) is 0 Å². The highest BCUT2D eigenvalue weighted by Crippen LogP contribution is 2.35. The Labute approximate surface area is 99.9 Å². The highest BCUT2D eigenvalue weighted by atomic mass is 16.3. The van der Waals surface area contributed by atoms with E-state index in [4.69, 9.17) is 0 Å². The van der Waals surface area contributed by atoms with Gasteiger partial charge in [0.2, 0.25) is 0 Å². The van der Waals surface area contributed by atoms with Gasteiger partial charge in [-0.3, -0.25) is 9.59 Å². The van der Waals surface area contributed by atoms with Crippen molar-refractivity contribution < 1.29 is 19.8 Å². The predicted octanol–water partition coefficient (Wildman–Crippen LogP) is 1.84. The molecule has 0 saturated heterocycles. The maximum Gasteiger partial charge on any atom is 0.160 e. The molecule has 92 valence electrons. The van der Waals surface area contributed by atoms with E-state index in [0.717, 1.165) is 0 Å². The van der Waals surface area contributed by atoms with Crippen molar-refractivity contribution >= 4 is 11.6 Å².